The van der Waals surface area contributed by atoms with E-state index in [1.54, 1.807) is 0 Å². The van der Waals surface area contributed by atoms with Gasteiger partial charge in [0.1, 0.15) is 0 Å². The minimum Gasteiger partial charge on any atom is -0.303 e. The Morgan fingerprint density at radius 1 is 1.50 bits per heavy atom. The van der Waals surface area contributed by atoms with Crippen molar-refractivity contribution in [1.82, 2.24) is 5.32 Å². The molecule has 1 nitrogen and oxygen atoms in total. The van der Waals surface area contributed by atoms with Crippen molar-refractivity contribution in [2.45, 2.75) is 29.7 Å². The first-order chi connectivity index (χ1) is 3.71. The quantitative estimate of drug-likeness (QED) is 0.377. The second kappa shape index (κ2) is 2.52. The first-order valence-corrected chi connectivity index (χ1v) is 4.22. The van der Waals surface area contributed by atoms with Crippen LogP contribution in [0.2, 0.25) is 0 Å². The molecule has 2 heteroatoms. The van der Waals surface area contributed by atoms with Gasteiger partial charge in [0.05, 0.1) is 3.55 Å². The van der Waals surface area contributed by atoms with Crippen LogP contribution in [0.1, 0.15) is 26.2 Å². The van der Waals surface area contributed by atoms with E-state index in [4.69, 9.17) is 0 Å². The van der Waals surface area contributed by atoms with Crippen molar-refractivity contribution in [2.75, 3.05) is 6.54 Å². The molecule has 0 amide bonds. The molecule has 0 saturated carbocycles. The SMILES string of the molecule is CC1(I)CCCCN1. The van der Waals surface area contributed by atoms with Gasteiger partial charge < -0.3 is 5.32 Å². The topological polar surface area (TPSA) is 12.0 Å². The molecule has 0 aliphatic carbocycles. The molecule has 0 aromatic heterocycles. The lowest BCUT2D eigenvalue weighted by Gasteiger charge is -2.28. The lowest BCUT2D eigenvalue weighted by Crippen LogP contribution is -2.39. The van der Waals surface area contributed by atoms with Crippen molar-refractivity contribution < 1.29 is 0 Å². The van der Waals surface area contributed by atoms with Crippen LogP contribution in [0.15, 0.2) is 0 Å². The van der Waals surface area contributed by atoms with E-state index in [0.717, 1.165) is 0 Å². The van der Waals surface area contributed by atoms with Crippen LogP contribution in [-0.4, -0.2) is 10.1 Å². The zero-order valence-corrected chi connectivity index (χ0v) is 7.36. The highest BCUT2D eigenvalue weighted by Crippen LogP contribution is 2.24. The number of halogens is 1. The Labute approximate surface area is 64.4 Å². The highest BCUT2D eigenvalue weighted by Gasteiger charge is 2.20. The first kappa shape index (κ1) is 6.81. The fourth-order valence-electron chi connectivity index (χ4n) is 1.02. The molecule has 0 aromatic rings. The molecule has 1 aliphatic heterocycles. The summed E-state index contributed by atoms with van der Waals surface area (Å²) >= 11 is 2.48. The van der Waals surface area contributed by atoms with E-state index in [1.807, 2.05) is 0 Å². The summed E-state index contributed by atoms with van der Waals surface area (Å²) in [5, 5.41) is 3.44. The second-order valence-corrected chi connectivity index (χ2v) is 4.96. The van der Waals surface area contributed by atoms with Gasteiger partial charge in [0.25, 0.3) is 0 Å². The highest BCUT2D eigenvalue weighted by molar-refractivity contribution is 14.1. The molecule has 0 spiro atoms. The van der Waals surface area contributed by atoms with Gasteiger partial charge in [0, 0.05) is 0 Å². The van der Waals surface area contributed by atoms with Crippen LogP contribution in [0.5, 0.6) is 0 Å². The largest absolute Gasteiger partial charge is 0.303 e. The maximum absolute atomic E-state index is 3.44. The molecule has 1 heterocycles. The Kier molecular flexibility index (Phi) is 2.14. The number of hydrogen-bond acceptors (Lipinski definition) is 1. The summed E-state index contributed by atoms with van der Waals surface area (Å²) in [7, 11) is 0. The van der Waals surface area contributed by atoms with Gasteiger partial charge in [-0.05, 0) is 32.7 Å². The summed E-state index contributed by atoms with van der Waals surface area (Å²) in [6, 6.07) is 0. The Balaban J connectivity index is 2.33. The van der Waals surface area contributed by atoms with Gasteiger partial charge in [-0.25, -0.2) is 0 Å². The third kappa shape index (κ3) is 1.90. The Morgan fingerprint density at radius 3 is 2.50 bits per heavy atom. The third-order valence-electron chi connectivity index (χ3n) is 1.57. The van der Waals surface area contributed by atoms with Crippen LogP contribution < -0.4 is 5.32 Å². The molecule has 1 rings (SSSR count). The van der Waals surface area contributed by atoms with Gasteiger partial charge >= 0.3 is 0 Å². The van der Waals surface area contributed by atoms with E-state index in [1.165, 1.54) is 25.8 Å². The minimum atomic E-state index is 0.399. The van der Waals surface area contributed by atoms with Crippen LogP contribution in [-0.2, 0) is 0 Å². The summed E-state index contributed by atoms with van der Waals surface area (Å²) in [5.74, 6) is 0. The monoisotopic (exact) mass is 225 g/mol. The lowest BCUT2D eigenvalue weighted by atomic mass is 10.1. The maximum Gasteiger partial charge on any atom is 0.0676 e. The predicted molar refractivity (Wildman–Crippen MR) is 44.3 cm³/mol. The van der Waals surface area contributed by atoms with Gasteiger partial charge in [-0.1, -0.05) is 22.6 Å². The van der Waals surface area contributed by atoms with E-state index in [0.29, 0.717) is 3.55 Å². The van der Waals surface area contributed by atoms with Crippen LogP contribution in [0.25, 0.3) is 0 Å². The number of rotatable bonds is 0. The van der Waals surface area contributed by atoms with E-state index in [9.17, 15) is 0 Å². The van der Waals surface area contributed by atoms with Crippen LogP contribution in [0, 0.1) is 0 Å². The standard InChI is InChI=1S/C6H12IN/c1-6(7)4-2-3-5-8-6/h8H,2-5H2,1H3. The summed E-state index contributed by atoms with van der Waals surface area (Å²) in [6.45, 7) is 3.46. The second-order valence-electron chi connectivity index (χ2n) is 2.58. The number of alkyl halides is 1. The van der Waals surface area contributed by atoms with E-state index < -0.39 is 0 Å². The van der Waals surface area contributed by atoms with Crippen molar-refractivity contribution in [3.8, 4) is 0 Å². The van der Waals surface area contributed by atoms with Gasteiger partial charge in [-0.15, -0.1) is 0 Å². The molecule has 0 aromatic carbocycles. The van der Waals surface area contributed by atoms with E-state index >= 15 is 0 Å². The summed E-state index contributed by atoms with van der Waals surface area (Å²) in [5.41, 5.74) is 0. The van der Waals surface area contributed by atoms with Crippen molar-refractivity contribution >= 4 is 22.6 Å². The van der Waals surface area contributed by atoms with Crippen molar-refractivity contribution in [3.63, 3.8) is 0 Å². The van der Waals surface area contributed by atoms with E-state index in [-0.39, 0.29) is 0 Å². The van der Waals surface area contributed by atoms with E-state index in [2.05, 4.69) is 34.8 Å². The Hall–Kier alpha value is 0.690. The van der Waals surface area contributed by atoms with Crippen LogP contribution >= 0.6 is 22.6 Å². The average Bonchev–Trinajstić information content (AvgIpc) is 1.65. The number of piperidine rings is 1. The van der Waals surface area contributed by atoms with Gasteiger partial charge in [0.15, 0.2) is 0 Å². The number of nitrogens with one attached hydrogen (secondary N) is 1. The summed E-state index contributed by atoms with van der Waals surface area (Å²) in [4.78, 5) is 0. The van der Waals surface area contributed by atoms with Crippen molar-refractivity contribution in [3.05, 3.63) is 0 Å². The molecule has 0 bridgehead atoms. The fourth-order valence-corrected chi connectivity index (χ4v) is 1.67. The summed E-state index contributed by atoms with van der Waals surface area (Å²) in [6.07, 6.45) is 4.08. The molecule has 1 saturated heterocycles. The average molecular weight is 225 g/mol. The molecular weight excluding hydrogens is 213 g/mol. The van der Waals surface area contributed by atoms with Crippen LogP contribution in [0.3, 0.4) is 0 Å². The Bertz CT molecular complexity index is 72.6. The minimum absolute atomic E-state index is 0.399. The smallest absolute Gasteiger partial charge is 0.0676 e. The molecule has 1 N–H and O–H groups in total. The molecule has 0 radical (unpaired) electrons. The number of hydrogen-bond donors (Lipinski definition) is 1. The van der Waals surface area contributed by atoms with Crippen molar-refractivity contribution in [1.29, 1.82) is 0 Å². The van der Waals surface area contributed by atoms with Crippen molar-refractivity contribution in [2.24, 2.45) is 0 Å². The predicted octanol–water partition coefficient (Wildman–Crippen LogP) is 1.91. The van der Waals surface area contributed by atoms with Gasteiger partial charge in [0.2, 0.25) is 0 Å². The molecule has 1 unspecified atom stereocenters. The fraction of sp³-hybridized carbons (Fsp3) is 1.00. The van der Waals surface area contributed by atoms with Crippen LogP contribution in [0.4, 0.5) is 0 Å². The molecule has 1 atom stereocenters. The molecule has 1 fully saturated rings. The first-order valence-electron chi connectivity index (χ1n) is 3.15. The molecule has 1 aliphatic rings. The third-order valence-corrected chi connectivity index (χ3v) is 2.49. The molecule has 48 valence electrons. The molecular formula is C6H12IN. The molecule has 8 heavy (non-hydrogen) atoms. The van der Waals surface area contributed by atoms with Gasteiger partial charge in [-0.2, -0.15) is 0 Å². The normalized spacial score (nSPS) is 39.8. The maximum atomic E-state index is 3.44. The summed E-state index contributed by atoms with van der Waals surface area (Å²) < 4.78 is 0.399. The lowest BCUT2D eigenvalue weighted by molar-refractivity contribution is 0.408. The highest BCUT2D eigenvalue weighted by atomic mass is 127. The Morgan fingerprint density at radius 2 is 2.25 bits per heavy atom. The van der Waals surface area contributed by atoms with Gasteiger partial charge in [-0.3, -0.25) is 0 Å². The zero-order chi connectivity index (χ0) is 6.04. The zero-order valence-electron chi connectivity index (χ0n) is 5.21.